The summed E-state index contributed by atoms with van der Waals surface area (Å²) in [6, 6.07) is 0. The van der Waals surface area contributed by atoms with E-state index in [1.54, 1.807) is 0 Å². The number of esters is 2. The van der Waals surface area contributed by atoms with Crippen molar-refractivity contribution in [2.45, 2.75) is 65.0 Å². The number of aryl methyl sites for hydroxylation is 2. The molecule has 0 aromatic carbocycles. The van der Waals surface area contributed by atoms with Gasteiger partial charge in [-0.3, -0.25) is 4.79 Å². The summed E-state index contributed by atoms with van der Waals surface area (Å²) >= 11 is 0. The maximum Gasteiger partial charge on any atom is 0.330 e. The van der Waals surface area contributed by atoms with Crippen molar-refractivity contribution in [2.24, 2.45) is 0 Å². The van der Waals surface area contributed by atoms with Gasteiger partial charge in [0, 0.05) is 12.5 Å². The number of carbonyl (C=O) groups excluding carboxylic acids is 2. The summed E-state index contributed by atoms with van der Waals surface area (Å²) < 4.78 is 14.4. The molecule has 0 saturated carbocycles. The Balaban J connectivity index is 1.98. The standard InChI is InChI=1S/C19H31N2O4/c1-3-5-11-20-13-14-21(17-20)12-7-6-10-19(23)25-16-9-8-15-24-18(22)4-2/h4,13-14,17H,2-3,5-12,15-16H2,1H3/q+1. The number of rotatable bonds is 14. The third-order valence-electron chi connectivity index (χ3n) is 3.78. The number of ether oxygens (including phenoxy) is 2. The molecule has 0 bridgehead atoms. The second-order valence-corrected chi connectivity index (χ2v) is 6.00. The highest BCUT2D eigenvalue weighted by Gasteiger charge is 2.06. The summed E-state index contributed by atoms with van der Waals surface area (Å²) in [5.74, 6) is -0.579. The van der Waals surface area contributed by atoms with Gasteiger partial charge in [0.05, 0.1) is 26.3 Å². The van der Waals surface area contributed by atoms with E-state index in [1.165, 1.54) is 12.8 Å². The van der Waals surface area contributed by atoms with Crippen molar-refractivity contribution in [3.05, 3.63) is 31.4 Å². The summed E-state index contributed by atoms with van der Waals surface area (Å²) in [7, 11) is 0. The van der Waals surface area contributed by atoms with Crippen LogP contribution in [0.5, 0.6) is 0 Å². The van der Waals surface area contributed by atoms with Crippen LogP contribution in [-0.2, 0) is 32.2 Å². The lowest BCUT2D eigenvalue weighted by Crippen LogP contribution is -2.31. The van der Waals surface area contributed by atoms with Gasteiger partial charge in [-0.15, -0.1) is 0 Å². The molecule has 6 heteroatoms. The molecule has 6 nitrogen and oxygen atoms in total. The van der Waals surface area contributed by atoms with Gasteiger partial charge in [-0.1, -0.05) is 19.9 Å². The Kier molecular flexibility index (Phi) is 11.1. The smallest absolute Gasteiger partial charge is 0.330 e. The Labute approximate surface area is 150 Å². The zero-order valence-corrected chi connectivity index (χ0v) is 15.3. The van der Waals surface area contributed by atoms with Crippen LogP contribution < -0.4 is 4.57 Å². The van der Waals surface area contributed by atoms with Crippen LogP contribution >= 0.6 is 0 Å². The third-order valence-corrected chi connectivity index (χ3v) is 3.78. The van der Waals surface area contributed by atoms with Gasteiger partial charge in [0.1, 0.15) is 12.4 Å². The molecule has 0 amide bonds. The Morgan fingerprint density at radius 2 is 1.88 bits per heavy atom. The monoisotopic (exact) mass is 351 g/mol. The van der Waals surface area contributed by atoms with Crippen molar-refractivity contribution in [1.82, 2.24) is 4.57 Å². The van der Waals surface area contributed by atoms with Crippen molar-refractivity contribution in [1.29, 1.82) is 0 Å². The molecule has 0 spiro atoms. The van der Waals surface area contributed by atoms with Gasteiger partial charge < -0.3 is 9.47 Å². The number of unbranched alkanes of at least 4 members (excludes halogenated alkanes) is 3. The Morgan fingerprint density at radius 1 is 1.12 bits per heavy atom. The fraction of sp³-hybridized carbons (Fsp3) is 0.632. The largest absolute Gasteiger partial charge is 0.466 e. The Hall–Kier alpha value is -2.11. The number of hydrogen-bond acceptors (Lipinski definition) is 4. The second-order valence-electron chi connectivity index (χ2n) is 6.00. The van der Waals surface area contributed by atoms with Crippen molar-refractivity contribution in [2.75, 3.05) is 13.2 Å². The van der Waals surface area contributed by atoms with Gasteiger partial charge in [0.15, 0.2) is 0 Å². The predicted molar refractivity (Wildman–Crippen MR) is 94.7 cm³/mol. The number of imidazole rings is 1. The van der Waals surface area contributed by atoms with Crippen LogP contribution in [0.3, 0.4) is 0 Å². The summed E-state index contributed by atoms with van der Waals surface area (Å²) in [5.41, 5.74) is 0. The molecule has 0 saturated heterocycles. The molecule has 0 unspecified atom stereocenters. The quantitative estimate of drug-likeness (QED) is 0.224. The average Bonchev–Trinajstić information content (AvgIpc) is 3.07. The van der Waals surface area contributed by atoms with Crippen molar-refractivity contribution in [3.63, 3.8) is 0 Å². The van der Waals surface area contributed by atoms with E-state index in [0.717, 1.165) is 32.0 Å². The molecule has 1 aromatic heterocycles. The molecule has 0 aliphatic carbocycles. The summed E-state index contributed by atoms with van der Waals surface area (Å²) in [5, 5.41) is 0. The van der Waals surface area contributed by atoms with Crippen LogP contribution in [-0.4, -0.2) is 29.7 Å². The minimum absolute atomic E-state index is 0.159. The molecular formula is C19H31N2O4+. The fourth-order valence-electron chi connectivity index (χ4n) is 2.30. The molecule has 0 atom stereocenters. The SMILES string of the molecule is C=CC(=O)OCCCCOC(=O)CCCC[n+]1ccn(CCCC)c1. The lowest BCUT2D eigenvalue weighted by molar-refractivity contribution is -0.696. The summed E-state index contributed by atoms with van der Waals surface area (Å²) in [4.78, 5) is 22.5. The molecule has 1 rings (SSSR count). The normalized spacial score (nSPS) is 10.4. The minimum atomic E-state index is -0.421. The lowest BCUT2D eigenvalue weighted by Gasteiger charge is -2.05. The van der Waals surface area contributed by atoms with Gasteiger partial charge in [-0.25, -0.2) is 13.9 Å². The molecule has 25 heavy (non-hydrogen) atoms. The predicted octanol–water partition coefficient (Wildman–Crippen LogP) is 2.80. The zero-order valence-electron chi connectivity index (χ0n) is 15.3. The van der Waals surface area contributed by atoms with E-state index in [2.05, 4.69) is 41.4 Å². The first-order chi connectivity index (χ1) is 12.2. The van der Waals surface area contributed by atoms with E-state index in [1.807, 2.05) is 0 Å². The van der Waals surface area contributed by atoms with Crippen LogP contribution in [0.1, 0.15) is 51.9 Å². The summed E-state index contributed by atoms with van der Waals surface area (Å²) in [6.45, 7) is 8.19. The van der Waals surface area contributed by atoms with E-state index >= 15 is 0 Å². The van der Waals surface area contributed by atoms with Crippen LogP contribution in [0.25, 0.3) is 0 Å². The van der Waals surface area contributed by atoms with Gasteiger partial charge in [-0.2, -0.15) is 0 Å². The molecule has 0 radical (unpaired) electrons. The van der Waals surface area contributed by atoms with Gasteiger partial charge in [0.2, 0.25) is 6.33 Å². The van der Waals surface area contributed by atoms with Crippen molar-refractivity contribution >= 4 is 11.9 Å². The van der Waals surface area contributed by atoms with Gasteiger partial charge >= 0.3 is 11.9 Å². The molecule has 1 heterocycles. The molecule has 0 N–H and O–H groups in total. The van der Waals surface area contributed by atoms with Crippen LogP contribution in [0.4, 0.5) is 0 Å². The number of aromatic nitrogens is 2. The maximum atomic E-state index is 11.6. The van der Waals surface area contributed by atoms with E-state index < -0.39 is 5.97 Å². The van der Waals surface area contributed by atoms with E-state index in [9.17, 15) is 9.59 Å². The molecular weight excluding hydrogens is 320 g/mol. The fourth-order valence-corrected chi connectivity index (χ4v) is 2.30. The third kappa shape index (κ3) is 10.4. The first kappa shape index (κ1) is 20.9. The first-order valence-corrected chi connectivity index (χ1v) is 9.15. The van der Waals surface area contributed by atoms with Crippen molar-refractivity contribution in [3.8, 4) is 0 Å². The van der Waals surface area contributed by atoms with E-state index in [4.69, 9.17) is 9.47 Å². The topological polar surface area (TPSA) is 61.4 Å². The Bertz CT molecular complexity index is 525. The molecule has 0 aliphatic heterocycles. The number of carbonyl (C=O) groups is 2. The number of hydrogen-bond donors (Lipinski definition) is 0. The van der Waals surface area contributed by atoms with E-state index in [0.29, 0.717) is 32.5 Å². The average molecular weight is 351 g/mol. The first-order valence-electron chi connectivity index (χ1n) is 9.15. The van der Waals surface area contributed by atoms with Crippen LogP contribution in [0.15, 0.2) is 31.4 Å². The number of nitrogens with zero attached hydrogens (tertiary/aromatic N) is 2. The molecule has 0 fully saturated rings. The minimum Gasteiger partial charge on any atom is -0.466 e. The summed E-state index contributed by atoms with van der Waals surface area (Å²) in [6.07, 6.45) is 13.4. The highest BCUT2D eigenvalue weighted by molar-refractivity contribution is 5.81. The molecule has 140 valence electrons. The van der Waals surface area contributed by atoms with E-state index in [-0.39, 0.29) is 5.97 Å². The highest BCUT2D eigenvalue weighted by Crippen LogP contribution is 2.00. The van der Waals surface area contributed by atoms with Crippen molar-refractivity contribution < 1.29 is 23.6 Å². The highest BCUT2D eigenvalue weighted by atomic mass is 16.5. The van der Waals surface area contributed by atoms with Crippen LogP contribution in [0.2, 0.25) is 0 Å². The second kappa shape index (κ2) is 13.2. The lowest BCUT2D eigenvalue weighted by atomic mass is 10.2. The molecule has 1 aromatic rings. The zero-order chi connectivity index (χ0) is 18.3. The van der Waals surface area contributed by atoms with Crippen LogP contribution in [0, 0.1) is 0 Å². The maximum absolute atomic E-state index is 11.6. The van der Waals surface area contributed by atoms with Gasteiger partial charge in [-0.05, 0) is 32.1 Å². The Morgan fingerprint density at radius 3 is 2.60 bits per heavy atom. The van der Waals surface area contributed by atoms with Gasteiger partial charge in [0.25, 0.3) is 0 Å². The molecule has 0 aliphatic rings.